The Morgan fingerprint density at radius 1 is 1.21 bits per heavy atom. The molecule has 0 radical (unpaired) electrons. The first-order valence-corrected chi connectivity index (χ1v) is 7.48. The van der Waals surface area contributed by atoms with E-state index in [1.807, 2.05) is 0 Å². The number of fused-ring (bicyclic) bond motifs is 3. The van der Waals surface area contributed by atoms with Crippen LogP contribution >= 0.6 is 11.3 Å². The second kappa shape index (κ2) is 4.47. The molecular weight excluding hydrogens is 254 g/mol. The first kappa shape index (κ1) is 11.2. The van der Waals surface area contributed by atoms with Gasteiger partial charge in [0.1, 0.15) is 0 Å². The maximum Gasteiger partial charge on any atom is 0.194 e. The number of hydrogen-bond acceptors (Lipinski definition) is 3. The predicted molar refractivity (Wildman–Crippen MR) is 77.3 cm³/mol. The van der Waals surface area contributed by atoms with Crippen LogP contribution in [0.15, 0.2) is 41.9 Å². The van der Waals surface area contributed by atoms with Gasteiger partial charge < -0.3 is 0 Å². The quantitative estimate of drug-likeness (QED) is 0.713. The molecule has 0 N–H and O–H groups in total. The van der Waals surface area contributed by atoms with Gasteiger partial charge in [-0.15, -0.1) is 11.3 Å². The van der Waals surface area contributed by atoms with Crippen LogP contribution in [0.5, 0.6) is 0 Å². The van der Waals surface area contributed by atoms with Crippen LogP contribution in [0.25, 0.3) is 4.96 Å². The van der Waals surface area contributed by atoms with Gasteiger partial charge >= 0.3 is 0 Å². The van der Waals surface area contributed by atoms with E-state index < -0.39 is 0 Å². The first-order chi connectivity index (χ1) is 9.40. The maximum atomic E-state index is 4.71. The van der Waals surface area contributed by atoms with Crippen LogP contribution in [0.3, 0.4) is 0 Å². The lowest BCUT2D eigenvalue weighted by atomic mass is 10.1. The smallest absolute Gasteiger partial charge is 0.194 e. The number of thiazole rings is 1. The van der Waals surface area contributed by atoms with E-state index in [0.717, 1.165) is 31.0 Å². The van der Waals surface area contributed by atoms with Gasteiger partial charge in [-0.2, -0.15) is 0 Å². The maximum absolute atomic E-state index is 4.71. The summed E-state index contributed by atoms with van der Waals surface area (Å²) < 4.78 is 2.25. The van der Waals surface area contributed by atoms with E-state index in [4.69, 9.17) is 4.98 Å². The minimum atomic E-state index is 1.00. The molecule has 3 nitrogen and oxygen atoms in total. The van der Waals surface area contributed by atoms with Crippen LogP contribution in [-0.4, -0.2) is 20.8 Å². The van der Waals surface area contributed by atoms with Crippen LogP contribution < -0.4 is 0 Å². The molecule has 19 heavy (non-hydrogen) atoms. The Kier molecular flexibility index (Phi) is 2.64. The van der Waals surface area contributed by atoms with Crippen LogP contribution in [0.4, 0.5) is 0 Å². The molecule has 4 heteroatoms. The molecule has 0 amide bonds. The fourth-order valence-corrected chi connectivity index (χ4v) is 3.53. The van der Waals surface area contributed by atoms with Crippen molar-refractivity contribution in [3.05, 3.63) is 58.9 Å². The average Bonchev–Trinajstić information content (AvgIpc) is 3.01. The summed E-state index contributed by atoms with van der Waals surface area (Å²) in [7, 11) is 0. The highest BCUT2D eigenvalue weighted by Crippen LogP contribution is 2.24. The summed E-state index contributed by atoms with van der Waals surface area (Å²) in [5.41, 5.74) is 4.05. The van der Waals surface area contributed by atoms with E-state index in [-0.39, 0.29) is 0 Å². The fourth-order valence-electron chi connectivity index (χ4n) is 2.78. The molecule has 1 aliphatic heterocycles. The lowest BCUT2D eigenvalue weighted by Gasteiger charge is -2.26. The topological polar surface area (TPSA) is 20.5 Å². The zero-order valence-corrected chi connectivity index (χ0v) is 11.4. The van der Waals surface area contributed by atoms with Crippen molar-refractivity contribution in [2.45, 2.75) is 19.5 Å². The van der Waals surface area contributed by atoms with Gasteiger partial charge in [0.25, 0.3) is 0 Å². The molecule has 2 aromatic heterocycles. The molecule has 0 saturated carbocycles. The van der Waals surface area contributed by atoms with Crippen molar-refractivity contribution in [3.63, 3.8) is 0 Å². The van der Waals surface area contributed by atoms with Crippen LogP contribution in [0, 0.1) is 0 Å². The number of aromatic nitrogens is 2. The zero-order chi connectivity index (χ0) is 12.7. The molecule has 0 bridgehead atoms. The molecule has 3 aromatic rings. The molecule has 1 aromatic carbocycles. The summed E-state index contributed by atoms with van der Waals surface area (Å²) >= 11 is 1.72. The van der Waals surface area contributed by atoms with Gasteiger partial charge in [0.2, 0.25) is 0 Å². The molecule has 1 aliphatic rings. The summed E-state index contributed by atoms with van der Waals surface area (Å²) in [5, 5.41) is 2.11. The van der Waals surface area contributed by atoms with Crippen molar-refractivity contribution in [1.82, 2.24) is 14.3 Å². The highest BCUT2D eigenvalue weighted by molar-refractivity contribution is 7.15. The van der Waals surface area contributed by atoms with Crippen molar-refractivity contribution in [2.24, 2.45) is 0 Å². The average molecular weight is 269 g/mol. The summed E-state index contributed by atoms with van der Waals surface area (Å²) in [5.74, 6) is 0. The van der Waals surface area contributed by atoms with Gasteiger partial charge in [-0.25, -0.2) is 4.98 Å². The molecule has 0 spiro atoms. The SMILES string of the molecule is c1ccc(CN2CCc3nc4sccn4c3C2)cc1. The number of imidazole rings is 1. The molecule has 0 fully saturated rings. The number of hydrogen-bond donors (Lipinski definition) is 0. The Morgan fingerprint density at radius 2 is 2.11 bits per heavy atom. The number of rotatable bonds is 2. The molecule has 4 rings (SSSR count). The van der Waals surface area contributed by atoms with E-state index in [2.05, 4.69) is 51.2 Å². The molecule has 0 saturated heterocycles. The molecular formula is C15H15N3S. The van der Waals surface area contributed by atoms with Gasteiger partial charge in [0.05, 0.1) is 11.4 Å². The van der Waals surface area contributed by atoms with Gasteiger partial charge in [-0.1, -0.05) is 30.3 Å². The van der Waals surface area contributed by atoms with Gasteiger partial charge in [0, 0.05) is 37.6 Å². The van der Waals surface area contributed by atoms with Gasteiger partial charge in [-0.05, 0) is 5.56 Å². The van der Waals surface area contributed by atoms with Crippen molar-refractivity contribution in [1.29, 1.82) is 0 Å². The number of benzene rings is 1. The third-order valence-electron chi connectivity index (χ3n) is 3.73. The Bertz CT molecular complexity index is 699. The molecule has 0 atom stereocenters. The Balaban J connectivity index is 1.60. The molecule has 0 aliphatic carbocycles. The summed E-state index contributed by atoms with van der Waals surface area (Å²) in [6.07, 6.45) is 3.20. The summed E-state index contributed by atoms with van der Waals surface area (Å²) in [4.78, 5) is 8.34. The van der Waals surface area contributed by atoms with E-state index in [0.29, 0.717) is 0 Å². The van der Waals surface area contributed by atoms with E-state index >= 15 is 0 Å². The third-order valence-corrected chi connectivity index (χ3v) is 4.49. The largest absolute Gasteiger partial charge is 0.293 e. The molecule has 3 heterocycles. The van der Waals surface area contributed by atoms with Gasteiger partial charge in [0.15, 0.2) is 4.96 Å². The monoisotopic (exact) mass is 269 g/mol. The minimum absolute atomic E-state index is 1.00. The zero-order valence-electron chi connectivity index (χ0n) is 10.6. The van der Waals surface area contributed by atoms with Crippen molar-refractivity contribution in [2.75, 3.05) is 6.54 Å². The van der Waals surface area contributed by atoms with Crippen molar-refractivity contribution in [3.8, 4) is 0 Å². The lowest BCUT2D eigenvalue weighted by Crippen LogP contribution is -2.30. The van der Waals surface area contributed by atoms with Crippen LogP contribution in [-0.2, 0) is 19.5 Å². The van der Waals surface area contributed by atoms with Crippen molar-refractivity contribution >= 4 is 16.3 Å². The second-order valence-electron chi connectivity index (χ2n) is 5.01. The first-order valence-electron chi connectivity index (χ1n) is 6.60. The Labute approximate surface area is 116 Å². The standard InChI is InChI=1S/C15H15N3S/c1-2-4-12(5-3-1)10-17-7-6-13-14(11-17)18-8-9-19-15(18)16-13/h1-5,8-9H,6-7,10-11H2. The highest BCUT2D eigenvalue weighted by atomic mass is 32.1. The Morgan fingerprint density at radius 3 is 3.00 bits per heavy atom. The second-order valence-corrected chi connectivity index (χ2v) is 5.88. The van der Waals surface area contributed by atoms with Crippen LogP contribution in [0.2, 0.25) is 0 Å². The number of nitrogens with zero attached hydrogens (tertiary/aromatic N) is 3. The predicted octanol–water partition coefficient (Wildman–Crippen LogP) is 2.95. The van der Waals surface area contributed by atoms with Gasteiger partial charge in [-0.3, -0.25) is 9.30 Å². The van der Waals surface area contributed by atoms with Crippen molar-refractivity contribution < 1.29 is 0 Å². The molecule has 96 valence electrons. The van der Waals surface area contributed by atoms with E-state index in [9.17, 15) is 0 Å². The molecule has 0 unspecified atom stereocenters. The summed E-state index contributed by atoms with van der Waals surface area (Å²) in [6.45, 7) is 3.13. The highest BCUT2D eigenvalue weighted by Gasteiger charge is 2.21. The summed E-state index contributed by atoms with van der Waals surface area (Å²) in [6, 6.07) is 10.7. The minimum Gasteiger partial charge on any atom is -0.293 e. The normalized spacial score (nSPS) is 15.8. The lowest BCUT2D eigenvalue weighted by molar-refractivity contribution is 0.240. The van der Waals surface area contributed by atoms with E-state index in [1.165, 1.54) is 17.0 Å². The Hall–Kier alpha value is -1.65. The van der Waals surface area contributed by atoms with Crippen LogP contribution in [0.1, 0.15) is 17.0 Å². The third kappa shape index (κ3) is 1.97. The fraction of sp³-hybridized carbons (Fsp3) is 0.267. The van der Waals surface area contributed by atoms with E-state index in [1.54, 1.807) is 11.3 Å².